The van der Waals surface area contributed by atoms with E-state index in [1.54, 1.807) is 0 Å². The molecule has 0 aliphatic heterocycles. The molecule has 0 atom stereocenters. The molecular weight excluding hydrogens is 222 g/mol. The summed E-state index contributed by atoms with van der Waals surface area (Å²) in [5, 5.41) is 8.27. The summed E-state index contributed by atoms with van der Waals surface area (Å²) in [7, 11) is 1.91. The highest BCUT2D eigenvalue weighted by molar-refractivity contribution is 6.30. The summed E-state index contributed by atoms with van der Waals surface area (Å²) in [6.45, 7) is 2.82. The normalized spacial score (nSPS) is 10.7. The number of aryl methyl sites for hydroxylation is 1. The Morgan fingerprint density at radius 3 is 2.94 bits per heavy atom. The molecule has 0 amide bonds. The molecule has 0 saturated heterocycles. The summed E-state index contributed by atoms with van der Waals surface area (Å²) < 4.78 is 1.86. The molecule has 3 nitrogen and oxygen atoms in total. The highest BCUT2D eigenvalue weighted by Crippen LogP contribution is 2.18. The Labute approximate surface area is 100 Å². The average molecular weight is 236 g/mol. The number of benzene rings is 1. The molecule has 0 fully saturated rings. The van der Waals surface area contributed by atoms with E-state index in [-0.39, 0.29) is 0 Å². The van der Waals surface area contributed by atoms with E-state index in [9.17, 15) is 0 Å². The molecule has 1 aromatic carbocycles. The van der Waals surface area contributed by atoms with Gasteiger partial charge in [-0.15, -0.1) is 0 Å². The van der Waals surface area contributed by atoms with E-state index >= 15 is 0 Å². The maximum Gasteiger partial charge on any atom is 0.0766 e. The molecule has 0 aliphatic rings. The minimum atomic E-state index is 0.728. The summed E-state index contributed by atoms with van der Waals surface area (Å²) in [6.07, 6.45) is 1.95. The number of nitrogens with one attached hydrogen (secondary N) is 1. The number of hydrogen-bond donors (Lipinski definition) is 1. The van der Waals surface area contributed by atoms with Crippen molar-refractivity contribution >= 4 is 11.6 Å². The van der Waals surface area contributed by atoms with Crippen LogP contribution in [0.1, 0.15) is 11.3 Å². The maximum atomic E-state index is 5.98. The van der Waals surface area contributed by atoms with Crippen LogP contribution in [0.4, 0.5) is 0 Å². The van der Waals surface area contributed by atoms with E-state index in [0.717, 1.165) is 28.5 Å². The standard InChI is InChI=1S/C12H14ClN3/c1-9-3-4-10(13)7-12(9)16-6-5-11(15-16)8-14-2/h3-7,14H,8H2,1-2H3. The van der Waals surface area contributed by atoms with Gasteiger partial charge in [-0.3, -0.25) is 0 Å². The molecular formula is C12H14ClN3. The van der Waals surface area contributed by atoms with Crippen LogP contribution in [-0.4, -0.2) is 16.8 Å². The third-order valence-corrected chi connectivity index (χ3v) is 2.66. The Kier molecular flexibility index (Phi) is 3.27. The lowest BCUT2D eigenvalue weighted by molar-refractivity contribution is 0.755. The highest BCUT2D eigenvalue weighted by atomic mass is 35.5. The number of rotatable bonds is 3. The Morgan fingerprint density at radius 2 is 2.19 bits per heavy atom. The molecule has 0 aliphatic carbocycles. The van der Waals surface area contributed by atoms with Gasteiger partial charge in [0.15, 0.2) is 0 Å². The molecule has 0 saturated carbocycles. The van der Waals surface area contributed by atoms with Gasteiger partial charge >= 0.3 is 0 Å². The van der Waals surface area contributed by atoms with Gasteiger partial charge in [0, 0.05) is 17.8 Å². The fraction of sp³-hybridized carbons (Fsp3) is 0.250. The first-order valence-corrected chi connectivity index (χ1v) is 5.54. The third-order valence-electron chi connectivity index (χ3n) is 2.42. The number of halogens is 1. The van der Waals surface area contributed by atoms with Gasteiger partial charge in [0.2, 0.25) is 0 Å². The molecule has 0 bridgehead atoms. The first kappa shape index (κ1) is 11.2. The second-order valence-electron chi connectivity index (χ2n) is 3.71. The molecule has 0 unspecified atom stereocenters. The van der Waals surface area contributed by atoms with Crippen molar-refractivity contribution in [2.75, 3.05) is 7.05 Å². The van der Waals surface area contributed by atoms with Gasteiger partial charge in [0.1, 0.15) is 0 Å². The molecule has 1 heterocycles. The highest BCUT2D eigenvalue weighted by Gasteiger charge is 2.04. The Balaban J connectivity index is 2.38. The van der Waals surface area contributed by atoms with Crippen molar-refractivity contribution in [3.05, 3.63) is 46.7 Å². The summed E-state index contributed by atoms with van der Waals surface area (Å²) >= 11 is 5.98. The summed E-state index contributed by atoms with van der Waals surface area (Å²) in [6, 6.07) is 7.80. The van der Waals surface area contributed by atoms with Crippen LogP contribution >= 0.6 is 11.6 Å². The van der Waals surface area contributed by atoms with E-state index in [2.05, 4.69) is 10.4 Å². The maximum absolute atomic E-state index is 5.98. The molecule has 1 N–H and O–H groups in total. The fourth-order valence-electron chi connectivity index (χ4n) is 1.60. The van der Waals surface area contributed by atoms with E-state index in [4.69, 9.17) is 11.6 Å². The number of aromatic nitrogens is 2. The lowest BCUT2D eigenvalue weighted by Crippen LogP contribution is -2.06. The quantitative estimate of drug-likeness (QED) is 0.886. The zero-order valence-electron chi connectivity index (χ0n) is 9.37. The van der Waals surface area contributed by atoms with Crippen LogP contribution in [0.3, 0.4) is 0 Å². The van der Waals surface area contributed by atoms with Gasteiger partial charge in [-0.1, -0.05) is 17.7 Å². The fourth-order valence-corrected chi connectivity index (χ4v) is 1.77. The van der Waals surface area contributed by atoms with Crippen LogP contribution in [0.25, 0.3) is 5.69 Å². The van der Waals surface area contributed by atoms with Gasteiger partial charge < -0.3 is 5.32 Å². The third kappa shape index (κ3) is 2.26. The van der Waals surface area contributed by atoms with Crippen molar-refractivity contribution in [2.45, 2.75) is 13.5 Å². The predicted octanol–water partition coefficient (Wildman–Crippen LogP) is 2.55. The second-order valence-corrected chi connectivity index (χ2v) is 4.15. The molecule has 16 heavy (non-hydrogen) atoms. The van der Waals surface area contributed by atoms with Crippen molar-refractivity contribution < 1.29 is 0 Å². The first-order valence-electron chi connectivity index (χ1n) is 5.16. The molecule has 4 heteroatoms. The van der Waals surface area contributed by atoms with E-state index < -0.39 is 0 Å². The Morgan fingerprint density at radius 1 is 1.38 bits per heavy atom. The molecule has 84 valence electrons. The summed E-state index contributed by atoms with van der Waals surface area (Å²) in [4.78, 5) is 0. The first-order chi connectivity index (χ1) is 7.70. The molecule has 0 spiro atoms. The lowest BCUT2D eigenvalue weighted by Gasteiger charge is -2.06. The van der Waals surface area contributed by atoms with Crippen LogP contribution in [0.5, 0.6) is 0 Å². The minimum Gasteiger partial charge on any atom is -0.314 e. The van der Waals surface area contributed by atoms with Gasteiger partial charge in [-0.25, -0.2) is 4.68 Å². The van der Waals surface area contributed by atoms with Crippen LogP contribution in [0.2, 0.25) is 5.02 Å². The Bertz CT molecular complexity index is 491. The van der Waals surface area contributed by atoms with Crippen LogP contribution < -0.4 is 5.32 Å². The van der Waals surface area contributed by atoms with Gasteiger partial charge in [0.05, 0.1) is 11.4 Å². The van der Waals surface area contributed by atoms with E-state index in [0.29, 0.717) is 0 Å². The predicted molar refractivity (Wildman–Crippen MR) is 66.1 cm³/mol. The van der Waals surface area contributed by atoms with Gasteiger partial charge in [-0.05, 0) is 37.7 Å². The van der Waals surface area contributed by atoms with Crippen molar-refractivity contribution in [3.8, 4) is 5.69 Å². The zero-order chi connectivity index (χ0) is 11.5. The van der Waals surface area contributed by atoms with Crippen LogP contribution in [0, 0.1) is 6.92 Å². The number of hydrogen-bond acceptors (Lipinski definition) is 2. The number of nitrogens with zero attached hydrogens (tertiary/aromatic N) is 2. The van der Waals surface area contributed by atoms with Gasteiger partial charge in [0.25, 0.3) is 0 Å². The summed E-state index contributed by atoms with van der Waals surface area (Å²) in [5.74, 6) is 0. The van der Waals surface area contributed by atoms with Crippen molar-refractivity contribution in [3.63, 3.8) is 0 Å². The van der Waals surface area contributed by atoms with E-state index in [1.807, 2.05) is 49.1 Å². The minimum absolute atomic E-state index is 0.728. The molecule has 0 radical (unpaired) electrons. The molecule has 2 aromatic rings. The second kappa shape index (κ2) is 4.68. The van der Waals surface area contributed by atoms with Crippen molar-refractivity contribution in [1.82, 2.24) is 15.1 Å². The van der Waals surface area contributed by atoms with Crippen LogP contribution in [-0.2, 0) is 6.54 Å². The summed E-state index contributed by atoms with van der Waals surface area (Å²) in [5.41, 5.74) is 3.19. The zero-order valence-corrected chi connectivity index (χ0v) is 10.1. The molecule has 1 aromatic heterocycles. The molecule has 2 rings (SSSR count). The monoisotopic (exact) mass is 235 g/mol. The van der Waals surface area contributed by atoms with Crippen molar-refractivity contribution in [1.29, 1.82) is 0 Å². The SMILES string of the molecule is CNCc1ccn(-c2cc(Cl)ccc2C)n1. The Hall–Kier alpha value is -1.32. The lowest BCUT2D eigenvalue weighted by atomic mass is 10.2. The van der Waals surface area contributed by atoms with Crippen molar-refractivity contribution in [2.24, 2.45) is 0 Å². The largest absolute Gasteiger partial charge is 0.314 e. The van der Waals surface area contributed by atoms with E-state index in [1.165, 1.54) is 0 Å². The topological polar surface area (TPSA) is 29.9 Å². The average Bonchev–Trinajstić information content (AvgIpc) is 2.71. The smallest absolute Gasteiger partial charge is 0.0766 e. The van der Waals surface area contributed by atoms with Gasteiger partial charge in [-0.2, -0.15) is 5.10 Å². The van der Waals surface area contributed by atoms with Crippen LogP contribution in [0.15, 0.2) is 30.5 Å².